The fraction of sp³-hybridized carbons (Fsp3) is 0.900. The van der Waals surface area contributed by atoms with Crippen molar-refractivity contribution in [2.75, 3.05) is 0 Å². The van der Waals surface area contributed by atoms with Gasteiger partial charge in [-0.1, -0.05) is 20.8 Å². The predicted octanol–water partition coefficient (Wildman–Crippen LogP) is 1.47. The first-order valence-corrected chi connectivity index (χ1v) is 4.90. The van der Waals surface area contributed by atoms with Crippen LogP contribution in [-0.4, -0.2) is 17.1 Å². The van der Waals surface area contributed by atoms with Crippen LogP contribution in [0.25, 0.3) is 0 Å². The van der Waals surface area contributed by atoms with Gasteiger partial charge in [-0.3, -0.25) is 4.79 Å². The molecule has 0 radical (unpaired) electrons. The van der Waals surface area contributed by atoms with Gasteiger partial charge in [0.1, 0.15) is 6.04 Å². The van der Waals surface area contributed by atoms with E-state index in [1.54, 1.807) is 0 Å². The van der Waals surface area contributed by atoms with Crippen LogP contribution in [0.15, 0.2) is 0 Å². The summed E-state index contributed by atoms with van der Waals surface area (Å²) in [7, 11) is 0. The van der Waals surface area contributed by atoms with Crippen LogP contribution >= 0.6 is 0 Å². The van der Waals surface area contributed by atoms with E-state index in [-0.39, 0.29) is 11.3 Å². The van der Waals surface area contributed by atoms with E-state index >= 15 is 0 Å². The molecule has 3 N–H and O–H groups in total. The summed E-state index contributed by atoms with van der Waals surface area (Å²) in [6.45, 7) is 6.27. The minimum absolute atomic E-state index is 0.0880. The highest BCUT2D eigenvalue weighted by Gasteiger charge is 2.52. The highest BCUT2D eigenvalue weighted by molar-refractivity contribution is 5.73. The van der Waals surface area contributed by atoms with E-state index in [4.69, 9.17) is 10.8 Å². The molecule has 0 aromatic rings. The second-order valence-corrected chi connectivity index (χ2v) is 4.54. The van der Waals surface area contributed by atoms with Crippen molar-refractivity contribution < 1.29 is 9.90 Å². The Morgan fingerprint density at radius 1 is 1.38 bits per heavy atom. The van der Waals surface area contributed by atoms with Gasteiger partial charge in [-0.2, -0.15) is 0 Å². The first-order valence-electron chi connectivity index (χ1n) is 4.90. The molecular weight excluding hydrogens is 166 g/mol. The fourth-order valence-corrected chi connectivity index (χ4v) is 2.27. The Hall–Kier alpha value is -0.570. The quantitative estimate of drug-likeness (QED) is 0.697. The molecule has 3 heteroatoms. The lowest BCUT2D eigenvalue weighted by Crippen LogP contribution is -2.42. The van der Waals surface area contributed by atoms with E-state index in [0.717, 1.165) is 12.8 Å². The molecular formula is C10H19NO2. The predicted molar refractivity (Wildman–Crippen MR) is 51.3 cm³/mol. The van der Waals surface area contributed by atoms with E-state index in [1.807, 2.05) is 6.92 Å². The molecule has 0 aromatic heterocycles. The van der Waals surface area contributed by atoms with Gasteiger partial charge in [0.25, 0.3) is 0 Å². The zero-order chi connectivity index (χ0) is 10.2. The molecule has 1 aliphatic carbocycles. The molecule has 0 bridgehead atoms. The average molecular weight is 185 g/mol. The van der Waals surface area contributed by atoms with Gasteiger partial charge in [0, 0.05) is 0 Å². The molecule has 0 aromatic carbocycles. The molecule has 13 heavy (non-hydrogen) atoms. The zero-order valence-electron chi connectivity index (χ0n) is 8.58. The van der Waals surface area contributed by atoms with Crippen LogP contribution in [-0.2, 0) is 4.79 Å². The summed E-state index contributed by atoms with van der Waals surface area (Å²) in [5.41, 5.74) is 5.83. The summed E-state index contributed by atoms with van der Waals surface area (Å²) >= 11 is 0. The van der Waals surface area contributed by atoms with Gasteiger partial charge < -0.3 is 10.8 Å². The van der Waals surface area contributed by atoms with Crippen LogP contribution < -0.4 is 5.73 Å². The summed E-state index contributed by atoms with van der Waals surface area (Å²) in [5.74, 6) is -0.252. The van der Waals surface area contributed by atoms with Gasteiger partial charge in [0.2, 0.25) is 0 Å². The molecule has 1 saturated carbocycles. The largest absolute Gasteiger partial charge is 0.480 e. The summed E-state index contributed by atoms with van der Waals surface area (Å²) in [5, 5.41) is 8.80. The Labute approximate surface area is 79.3 Å². The van der Waals surface area contributed by atoms with Crippen LogP contribution in [0.4, 0.5) is 0 Å². The zero-order valence-corrected chi connectivity index (χ0v) is 8.58. The minimum Gasteiger partial charge on any atom is -0.480 e. The first-order chi connectivity index (χ1) is 5.92. The van der Waals surface area contributed by atoms with E-state index in [1.165, 1.54) is 0 Å². The highest BCUT2D eigenvalue weighted by atomic mass is 16.4. The van der Waals surface area contributed by atoms with Gasteiger partial charge >= 0.3 is 5.97 Å². The smallest absolute Gasteiger partial charge is 0.320 e. The van der Waals surface area contributed by atoms with Crippen molar-refractivity contribution in [2.45, 2.75) is 39.7 Å². The van der Waals surface area contributed by atoms with Crippen LogP contribution in [0.5, 0.6) is 0 Å². The van der Waals surface area contributed by atoms with E-state index in [0.29, 0.717) is 5.92 Å². The second kappa shape index (κ2) is 3.29. The Morgan fingerprint density at radius 2 is 1.85 bits per heavy atom. The second-order valence-electron chi connectivity index (χ2n) is 4.54. The molecule has 0 heterocycles. The van der Waals surface area contributed by atoms with Crippen molar-refractivity contribution in [1.82, 2.24) is 0 Å². The van der Waals surface area contributed by atoms with E-state index in [9.17, 15) is 4.79 Å². The van der Waals surface area contributed by atoms with Crippen LogP contribution in [0.2, 0.25) is 0 Å². The number of carbonyl (C=O) groups is 1. The van der Waals surface area contributed by atoms with Crippen molar-refractivity contribution >= 4 is 5.97 Å². The standard InChI is InChI=1S/C10H19NO2/c1-6(2)10(4-5-10)7(3)8(11)9(12)13/h6-8H,4-5,11H2,1-3H3,(H,12,13). The third-order valence-corrected chi connectivity index (χ3v) is 3.71. The Balaban J connectivity index is 2.67. The first kappa shape index (κ1) is 10.5. The highest BCUT2D eigenvalue weighted by Crippen LogP contribution is 2.58. The van der Waals surface area contributed by atoms with Crippen LogP contribution in [0.1, 0.15) is 33.6 Å². The lowest BCUT2D eigenvalue weighted by atomic mass is 9.77. The maximum Gasteiger partial charge on any atom is 0.320 e. The molecule has 0 saturated heterocycles. The number of rotatable bonds is 4. The number of nitrogens with two attached hydrogens (primary N) is 1. The average Bonchev–Trinajstić information content (AvgIpc) is 2.81. The molecule has 1 aliphatic rings. The van der Waals surface area contributed by atoms with E-state index < -0.39 is 12.0 Å². The lowest BCUT2D eigenvalue weighted by Gasteiger charge is -2.29. The molecule has 0 spiro atoms. The van der Waals surface area contributed by atoms with Crippen molar-refractivity contribution in [3.63, 3.8) is 0 Å². The summed E-state index contributed by atoms with van der Waals surface area (Å²) in [6, 6.07) is -0.704. The molecule has 1 fully saturated rings. The van der Waals surface area contributed by atoms with Crippen molar-refractivity contribution in [1.29, 1.82) is 0 Å². The third-order valence-electron chi connectivity index (χ3n) is 3.71. The molecule has 2 unspecified atom stereocenters. The number of hydrogen-bond acceptors (Lipinski definition) is 2. The molecule has 1 rings (SSSR count). The summed E-state index contributed by atoms with van der Waals surface area (Å²) in [4.78, 5) is 10.7. The summed E-state index contributed by atoms with van der Waals surface area (Å²) < 4.78 is 0. The Morgan fingerprint density at radius 3 is 2.08 bits per heavy atom. The summed E-state index contributed by atoms with van der Waals surface area (Å²) in [6.07, 6.45) is 2.26. The molecule has 3 nitrogen and oxygen atoms in total. The SMILES string of the molecule is CC(C)C1(C(C)C(N)C(=O)O)CC1. The van der Waals surface area contributed by atoms with Crippen molar-refractivity contribution in [3.8, 4) is 0 Å². The van der Waals surface area contributed by atoms with Gasteiger partial charge in [-0.25, -0.2) is 0 Å². The van der Waals surface area contributed by atoms with Gasteiger partial charge in [-0.15, -0.1) is 0 Å². The topological polar surface area (TPSA) is 63.3 Å². The van der Waals surface area contributed by atoms with Crippen LogP contribution in [0, 0.1) is 17.3 Å². The van der Waals surface area contributed by atoms with Crippen molar-refractivity contribution in [2.24, 2.45) is 23.0 Å². The van der Waals surface area contributed by atoms with Gasteiger partial charge in [0.15, 0.2) is 0 Å². The van der Waals surface area contributed by atoms with Crippen LogP contribution in [0.3, 0.4) is 0 Å². The maximum absolute atomic E-state index is 10.7. The number of aliphatic carboxylic acids is 1. The number of carboxylic acids is 1. The number of carboxylic acid groups (broad SMARTS) is 1. The Kier molecular flexibility index (Phi) is 2.66. The van der Waals surface area contributed by atoms with Gasteiger partial charge in [-0.05, 0) is 30.1 Å². The monoisotopic (exact) mass is 185 g/mol. The van der Waals surface area contributed by atoms with Gasteiger partial charge in [0.05, 0.1) is 0 Å². The lowest BCUT2D eigenvalue weighted by molar-refractivity contribution is -0.140. The Bertz CT molecular complexity index is 209. The minimum atomic E-state index is -0.876. The molecule has 0 amide bonds. The molecule has 2 atom stereocenters. The van der Waals surface area contributed by atoms with E-state index in [2.05, 4.69) is 13.8 Å². The normalized spacial score (nSPS) is 24.1. The fourth-order valence-electron chi connectivity index (χ4n) is 2.27. The third kappa shape index (κ3) is 1.70. The number of hydrogen-bond donors (Lipinski definition) is 2. The van der Waals surface area contributed by atoms with Crippen molar-refractivity contribution in [3.05, 3.63) is 0 Å². The molecule has 76 valence electrons. The molecule has 0 aliphatic heterocycles. The maximum atomic E-state index is 10.7.